The van der Waals surface area contributed by atoms with Crippen LogP contribution in [0.2, 0.25) is 5.02 Å². The molecule has 0 saturated heterocycles. The van der Waals surface area contributed by atoms with E-state index < -0.39 is 4.92 Å². The number of nitrogens with two attached hydrogens (primary N) is 1. The van der Waals surface area contributed by atoms with Crippen molar-refractivity contribution in [3.05, 3.63) is 68.7 Å². The molecule has 0 aliphatic rings. The van der Waals surface area contributed by atoms with E-state index in [2.05, 4.69) is 10.6 Å². The Hall–Kier alpha value is -2.35. The molecule has 1 amide bonds. The van der Waals surface area contributed by atoms with E-state index in [9.17, 15) is 14.9 Å². The molecular formula is C18H22Cl2N4O3. The highest BCUT2D eigenvalue weighted by Gasteiger charge is 2.17. The number of carbonyl (C=O) groups excluding carboxylic acids is 1. The Morgan fingerprint density at radius 1 is 1.19 bits per heavy atom. The van der Waals surface area contributed by atoms with Crippen molar-refractivity contribution in [1.29, 1.82) is 0 Å². The summed E-state index contributed by atoms with van der Waals surface area (Å²) < 4.78 is 0. The van der Waals surface area contributed by atoms with E-state index in [1.165, 1.54) is 12.1 Å². The van der Waals surface area contributed by atoms with Gasteiger partial charge in [0.25, 0.3) is 11.6 Å². The van der Waals surface area contributed by atoms with Crippen LogP contribution in [0.3, 0.4) is 0 Å². The first kappa shape index (κ1) is 22.7. The summed E-state index contributed by atoms with van der Waals surface area (Å²) in [4.78, 5) is 23.0. The van der Waals surface area contributed by atoms with Crippen molar-refractivity contribution >= 4 is 41.3 Å². The number of halogens is 2. The third-order valence-corrected chi connectivity index (χ3v) is 4.17. The number of anilines is 1. The summed E-state index contributed by atoms with van der Waals surface area (Å²) in [6, 6.07) is 11.6. The number of rotatable bonds is 9. The van der Waals surface area contributed by atoms with E-state index >= 15 is 0 Å². The van der Waals surface area contributed by atoms with Crippen molar-refractivity contribution in [3.63, 3.8) is 0 Å². The van der Waals surface area contributed by atoms with E-state index in [1.54, 1.807) is 12.1 Å². The number of unbranched alkanes of at least 4 members (excludes halogenated alkanes) is 1. The van der Waals surface area contributed by atoms with Gasteiger partial charge in [-0.2, -0.15) is 0 Å². The fraction of sp³-hybridized carbons (Fsp3) is 0.278. The Morgan fingerprint density at radius 2 is 1.93 bits per heavy atom. The average Bonchev–Trinajstić information content (AvgIpc) is 2.64. The van der Waals surface area contributed by atoms with E-state index in [0.717, 1.165) is 18.4 Å². The Kier molecular flexibility index (Phi) is 9.56. The number of hydrogen-bond donors (Lipinski definition) is 3. The van der Waals surface area contributed by atoms with Crippen molar-refractivity contribution in [3.8, 4) is 0 Å². The first-order valence-electron chi connectivity index (χ1n) is 8.27. The van der Waals surface area contributed by atoms with Gasteiger partial charge in [-0.05, 0) is 43.1 Å². The number of nitro groups is 1. The molecule has 0 heterocycles. The standard InChI is InChI=1S/C18H21ClN4O3.ClH/c19-15-6-2-1-5-14(15)12-22-16-8-7-13(11-17(16)23(25)26)18(24)21-10-4-3-9-20;/h1-2,5-8,11,22H,3-4,9-10,12,20H2,(H,21,24);1H. The van der Waals surface area contributed by atoms with Crippen molar-refractivity contribution < 1.29 is 9.72 Å². The van der Waals surface area contributed by atoms with Gasteiger partial charge < -0.3 is 16.4 Å². The summed E-state index contributed by atoms with van der Waals surface area (Å²) >= 11 is 6.10. The summed E-state index contributed by atoms with van der Waals surface area (Å²) in [6.07, 6.45) is 1.58. The number of nitrogens with one attached hydrogen (secondary N) is 2. The minimum atomic E-state index is -0.514. The molecule has 9 heteroatoms. The van der Waals surface area contributed by atoms with Crippen LogP contribution in [0.25, 0.3) is 0 Å². The molecule has 0 atom stereocenters. The SMILES string of the molecule is Cl.NCCCCNC(=O)c1ccc(NCc2ccccc2Cl)c([N+](=O)[O-])c1. The third kappa shape index (κ3) is 6.71. The lowest BCUT2D eigenvalue weighted by Crippen LogP contribution is -2.25. The number of nitro benzene ring substituents is 1. The highest BCUT2D eigenvalue weighted by atomic mass is 35.5. The van der Waals surface area contributed by atoms with Crippen LogP contribution in [0.4, 0.5) is 11.4 Å². The predicted octanol–water partition coefficient (Wildman–Crippen LogP) is 3.75. The van der Waals surface area contributed by atoms with Gasteiger partial charge in [-0.15, -0.1) is 12.4 Å². The van der Waals surface area contributed by atoms with Gasteiger partial charge in [0.2, 0.25) is 0 Å². The van der Waals surface area contributed by atoms with Crippen LogP contribution < -0.4 is 16.4 Å². The molecule has 0 aromatic heterocycles. The summed E-state index contributed by atoms with van der Waals surface area (Å²) in [6.45, 7) is 1.38. The molecule has 0 bridgehead atoms. The lowest BCUT2D eigenvalue weighted by atomic mass is 10.1. The van der Waals surface area contributed by atoms with Crippen LogP contribution in [0.15, 0.2) is 42.5 Å². The molecule has 146 valence electrons. The quantitative estimate of drug-likeness (QED) is 0.330. The summed E-state index contributed by atoms with van der Waals surface area (Å²) in [5, 5.41) is 17.7. The van der Waals surface area contributed by atoms with Crippen LogP contribution in [0.5, 0.6) is 0 Å². The first-order valence-corrected chi connectivity index (χ1v) is 8.64. The molecule has 0 unspecified atom stereocenters. The normalized spacial score (nSPS) is 10.0. The fourth-order valence-corrected chi connectivity index (χ4v) is 2.58. The molecule has 0 radical (unpaired) electrons. The van der Waals surface area contributed by atoms with Crippen molar-refractivity contribution in [2.24, 2.45) is 5.73 Å². The maximum absolute atomic E-state index is 12.1. The van der Waals surface area contributed by atoms with E-state index in [4.69, 9.17) is 17.3 Å². The Morgan fingerprint density at radius 3 is 2.59 bits per heavy atom. The maximum atomic E-state index is 12.1. The second-order valence-corrected chi connectivity index (χ2v) is 6.09. The van der Waals surface area contributed by atoms with Crippen molar-refractivity contribution in [2.45, 2.75) is 19.4 Å². The monoisotopic (exact) mass is 412 g/mol. The molecule has 0 aliphatic heterocycles. The largest absolute Gasteiger partial charge is 0.375 e. The summed E-state index contributed by atoms with van der Waals surface area (Å²) in [7, 11) is 0. The minimum absolute atomic E-state index is 0. The smallest absolute Gasteiger partial charge is 0.293 e. The Balaban J connectivity index is 0.00000364. The highest BCUT2D eigenvalue weighted by Crippen LogP contribution is 2.27. The molecular weight excluding hydrogens is 391 g/mol. The lowest BCUT2D eigenvalue weighted by molar-refractivity contribution is -0.384. The predicted molar refractivity (Wildman–Crippen MR) is 110 cm³/mol. The molecule has 2 aromatic rings. The third-order valence-electron chi connectivity index (χ3n) is 3.80. The van der Waals surface area contributed by atoms with E-state index in [0.29, 0.717) is 30.3 Å². The average molecular weight is 413 g/mol. The number of amides is 1. The number of benzene rings is 2. The molecule has 0 saturated carbocycles. The second-order valence-electron chi connectivity index (χ2n) is 5.69. The number of carbonyl (C=O) groups is 1. The van der Waals surface area contributed by atoms with Crippen LogP contribution >= 0.6 is 24.0 Å². The molecule has 2 rings (SSSR count). The fourth-order valence-electron chi connectivity index (χ4n) is 2.38. The van der Waals surface area contributed by atoms with E-state index in [-0.39, 0.29) is 29.6 Å². The van der Waals surface area contributed by atoms with Gasteiger partial charge >= 0.3 is 0 Å². The summed E-state index contributed by atoms with van der Waals surface area (Å²) in [5.41, 5.74) is 6.64. The second kappa shape index (κ2) is 11.4. The van der Waals surface area contributed by atoms with E-state index in [1.807, 2.05) is 18.2 Å². The minimum Gasteiger partial charge on any atom is -0.375 e. The lowest BCUT2D eigenvalue weighted by Gasteiger charge is -2.10. The van der Waals surface area contributed by atoms with Crippen molar-refractivity contribution in [1.82, 2.24) is 5.32 Å². The van der Waals surface area contributed by atoms with Gasteiger partial charge in [-0.3, -0.25) is 14.9 Å². The van der Waals surface area contributed by atoms with Gasteiger partial charge in [0.1, 0.15) is 5.69 Å². The maximum Gasteiger partial charge on any atom is 0.293 e. The number of nitrogens with zero attached hydrogens (tertiary/aromatic N) is 1. The summed E-state index contributed by atoms with van der Waals surface area (Å²) in [5.74, 6) is -0.345. The zero-order valence-corrected chi connectivity index (χ0v) is 16.2. The zero-order chi connectivity index (χ0) is 18.9. The van der Waals surface area contributed by atoms with Crippen LogP contribution in [0.1, 0.15) is 28.8 Å². The highest BCUT2D eigenvalue weighted by molar-refractivity contribution is 6.31. The topological polar surface area (TPSA) is 110 Å². The molecule has 27 heavy (non-hydrogen) atoms. The Bertz CT molecular complexity index is 787. The van der Waals surface area contributed by atoms with Gasteiger partial charge in [-0.25, -0.2) is 0 Å². The van der Waals surface area contributed by atoms with Crippen LogP contribution in [-0.2, 0) is 6.54 Å². The Labute approximate surface area is 168 Å². The molecule has 0 fully saturated rings. The molecule has 4 N–H and O–H groups in total. The van der Waals surface area contributed by atoms with Gasteiger partial charge in [0, 0.05) is 29.7 Å². The van der Waals surface area contributed by atoms with Gasteiger partial charge in [-0.1, -0.05) is 29.8 Å². The van der Waals surface area contributed by atoms with Gasteiger partial charge in [0.15, 0.2) is 0 Å². The van der Waals surface area contributed by atoms with Crippen molar-refractivity contribution in [2.75, 3.05) is 18.4 Å². The van der Waals surface area contributed by atoms with Crippen LogP contribution in [-0.4, -0.2) is 23.9 Å². The molecule has 2 aromatic carbocycles. The first-order chi connectivity index (χ1) is 12.5. The number of hydrogen-bond acceptors (Lipinski definition) is 5. The van der Waals surface area contributed by atoms with Gasteiger partial charge in [0.05, 0.1) is 4.92 Å². The molecule has 0 aliphatic carbocycles. The molecule has 0 spiro atoms. The van der Waals surface area contributed by atoms with Crippen LogP contribution in [0, 0.1) is 10.1 Å². The molecule has 7 nitrogen and oxygen atoms in total. The zero-order valence-electron chi connectivity index (χ0n) is 14.6.